The third-order valence-corrected chi connectivity index (χ3v) is 1.10. The molecular formula is C7H14N2O. The van der Waals surface area contributed by atoms with Crippen LogP contribution >= 0.6 is 0 Å². The molecule has 3 heteroatoms. The zero-order chi connectivity index (χ0) is 7.98. The maximum absolute atomic E-state index is 5.31. The standard InChI is InChI=1S/C7H14N2O/c1-4-6(3)9-10-7(8)5-2/h5H,4,8H2,1-3H3/b7-5-,9-6-. The summed E-state index contributed by atoms with van der Waals surface area (Å²) in [6, 6.07) is 0. The average molecular weight is 142 g/mol. The summed E-state index contributed by atoms with van der Waals surface area (Å²) < 4.78 is 0. The van der Waals surface area contributed by atoms with Gasteiger partial charge in [0.1, 0.15) is 0 Å². The maximum Gasteiger partial charge on any atom is 0.216 e. The molecule has 0 radical (unpaired) electrons. The first-order valence-electron chi connectivity index (χ1n) is 3.33. The van der Waals surface area contributed by atoms with Gasteiger partial charge in [-0.3, -0.25) is 0 Å². The van der Waals surface area contributed by atoms with Crippen molar-refractivity contribution in [1.82, 2.24) is 0 Å². The molecule has 0 aliphatic carbocycles. The molecule has 0 rings (SSSR count). The number of nitrogens with zero attached hydrogens (tertiary/aromatic N) is 1. The largest absolute Gasteiger partial charge is 0.368 e. The SMILES string of the molecule is C/C=C(/N)O/N=C(/C)CC. The number of nitrogens with two attached hydrogens (primary N) is 1. The molecule has 0 heterocycles. The predicted octanol–water partition coefficient (Wildman–Crippen LogP) is 1.61. The van der Waals surface area contributed by atoms with Gasteiger partial charge in [0.05, 0.1) is 5.71 Å². The quantitative estimate of drug-likeness (QED) is 0.369. The van der Waals surface area contributed by atoms with E-state index in [0.29, 0.717) is 5.88 Å². The molecule has 0 aromatic heterocycles. The van der Waals surface area contributed by atoms with Crippen molar-refractivity contribution >= 4 is 5.71 Å². The van der Waals surface area contributed by atoms with Gasteiger partial charge in [0, 0.05) is 0 Å². The zero-order valence-corrected chi connectivity index (χ0v) is 6.72. The molecule has 58 valence electrons. The third kappa shape index (κ3) is 3.95. The molecule has 0 aromatic rings. The van der Waals surface area contributed by atoms with Crippen LogP contribution in [0.4, 0.5) is 0 Å². The Balaban J connectivity index is 3.72. The highest BCUT2D eigenvalue weighted by Gasteiger charge is 1.87. The fraction of sp³-hybridized carbons (Fsp3) is 0.571. The molecule has 0 unspecified atom stereocenters. The Labute approximate surface area is 61.5 Å². The van der Waals surface area contributed by atoms with Crippen molar-refractivity contribution in [2.24, 2.45) is 10.9 Å². The van der Waals surface area contributed by atoms with Gasteiger partial charge in [-0.1, -0.05) is 12.1 Å². The van der Waals surface area contributed by atoms with Crippen molar-refractivity contribution in [1.29, 1.82) is 0 Å². The van der Waals surface area contributed by atoms with Crippen LogP contribution in [0.3, 0.4) is 0 Å². The third-order valence-electron chi connectivity index (χ3n) is 1.10. The van der Waals surface area contributed by atoms with Gasteiger partial charge in [0.15, 0.2) is 0 Å². The lowest BCUT2D eigenvalue weighted by Crippen LogP contribution is -1.99. The molecule has 3 nitrogen and oxygen atoms in total. The van der Waals surface area contributed by atoms with Crippen LogP contribution in [0.1, 0.15) is 27.2 Å². The molecule has 0 aromatic carbocycles. The predicted molar refractivity (Wildman–Crippen MR) is 42.4 cm³/mol. The zero-order valence-electron chi connectivity index (χ0n) is 6.72. The Bertz CT molecular complexity index is 150. The number of hydrogen-bond donors (Lipinski definition) is 1. The van der Waals surface area contributed by atoms with Crippen molar-refractivity contribution in [2.45, 2.75) is 27.2 Å². The van der Waals surface area contributed by atoms with Crippen LogP contribution in [0.25, 0.3) is 0 Å². The van der Waals surface area contributed by atoms with Gasteiger partial charge in [0.25, 0.3) is 0 Å². The van der Waals surface area contributed by atoms with Gasteiger partial charge in [0.2, 0.25) is 5.88 Å². The molecule has 0 amide bonds. The Morgan fingerprint density at radius 2 is 2.30 bits per heavy atom. The number of oxime groups is 1. The van der Waals surface area contributed by atoms with E-state index >= 15 is 0 Å². The van der Waals surface area contributed by atoms with Crippen molar-refractivity contribution in [3.05, 3.63) is 12.0 Å². The van der Waals surface area contributed by atoms with E-state index in [-0.39, 0.29) is 0 Å². The molecule has 2 N–H and O–H groups in total. The van der Waals surface area contributed by atoms with Crippen LogP contribution in [0.15, 0.2) is 17.1 Å². The Morgan fingerprint density at radius 1 is 1.70 bits per heavy atom. The van der Waals surface area contributed by atoms with E-state index in [1.54, 1.807) is 13.0 Å². The van der Waals surface area contributed by atoms with E-state index in [2.05, 4.69) is 5.16 Å². The topological polar surface area (TPSA) is 47.6 Å². The maximum atomic E-state index is 5.31. The lowest BCUT2D eigenvalue weighted by Gasteiger charge is -1.96. The summed E-state index contributed by atoms with van der Waals surface area (Å²) in [5.74, 6) is 0.341. The summed E-state index contributed by atoms with van der Waals surface area (Å²) in [6.45, 7) is 5.70. The van der Waals surface area contributed by atoms with Crippen LogP contribution in [0, 0.1) is 0 Å². The molecule has 0 saturated heterocycles. The fourth-order valence-electron chi connectivity index (χ4n) is 0.248. The Hall–Kier alpha value is -0.990. The van der Waals surface area contributed by atoms with Crippen molar-refractivity contribution in [2.75, 3.05) is 0 Å². The molecule has 0 fully saturated rings. The fourth-order valence-corrected chi connectivity index (χ4v) is 0.248. The molecule has 0 aliphatic rings. The minimum absolute atomic E-state index is 0.341. The van der Waals surface area contributed by atoms with Crippen LogP contribution < -0.4 is 5.73 Å². The smallest absolute Gasteiger partial charge is 0.216 e. The molecule has 0 saturated carbocycles. The molecule has 0 aliphatic heterocycles. The monoisotopic (exact) mass is 142 g/mol. The Morgan fingerprint density at radius 3 is 2.70 bits per heavy atom. The van der Waals surface area contributed by atoms with Gasteiger partial charge in [-0.15, -0.1) is 0 Å². The number of hydrogen-bond acceptors (Lipinski definition) is 3. The van der Waals surface area contributed by atoms with E-state index in [4.69, 9.17) is 10.6 Å². The van der Waals surface area contributed by atoms with Crippen molar-refractivity contribution in [3.8, 4) is 0 Å². The molecular weight excluding hydrogens is 128 g/mol. The van der Waals surface area contributed by atoms with E-state index in [1.807, 2.05) is 13.8 Å². The minimum atomic E-state index is 0.341. The normalized spacial score (nSPS) is 13.5. The first kappa shape index (κ1) is 9.01. The summed E-state index contributed by atoms with van der Waals surface area (Å²) in [7, 11) is 0. The summed E-state index contributed by atoms with van der Waals surface area (Å²) in [5.41, 5.74) is 6.24. The second-order valence-electron chi connectivity index (χ2n) is 1.96. The highest BCUT2D eigenvalue weighted by Crippen LogP contribution is 1.90. The van der Waals surface area contributed by atoms with Crippen LogP contribution in [-0.4, -0.2) is 5.71 Å². The summed E-state index contributed by atoms with van der Waals surface area (Å²) in [5, 5.41) is 3.74. The number of allylic oxidation sites excluding steroid dienone is 1. The van der Waals surface area contributed by atoms with Crippen molar-refractivity contribution in [3.63, 3.8) is 0 Å². The minimum Gasteiger partial charge on any atom is -0.368 e. The van der Waals surface area contributed by atoms with Gasteiger partial charge in [-0.25, -0.2) is 0 Å². The van der Waals surface area contributed by atoms with Crippen LogP contribution in [0.5, 0.6) is 0 Å². The summed E-state index contributed by atoms with van der Waals surface area (Å²) in [4.78, 5) is 4.77. The highest BCUT2D eigenvalue weighted by atomic mass is 16.6. The first-order valence-corrected chi connectivity index (χ1v) is 3.33. The average Bonchev–Trinajstić information content (AvgIpc) is 1.99. The lowest BCUT2D eigenvalue weighted by atomic mass is 10.3. The highest BCUT2D eigenvalue weighted by molar-refractivity contribution is 5.80. The number of rotatable bonds is 3. The van der Waals surface area contributed by atoms with Gasteiger partial charge >= 0.3 is 0 Å². The molecule has 0 atom stereocenters. The second kappa shape index (κ2) is 4.85. The van der Waals surface area contributed by atoms with E-state index in [0.717, 1.165) is 12.1 Å². The van der Waals surface area contributed by atoms with Gasteiger partial charge in [-0.05, 0) is 26.3 Å². The lowest BCUT2D eigenvalue weighted by molar-refractivity contribution is 0.223. The van der Waals surface area contributed by atoms with E-state index in [1.165, 1.54) is 0 Å². The Kier molecular flexibility index (Phi) is 4.37. The van der Waals surface area contributed by atoms with Gasteiger partial charge < -0.3 is 10.6 Å². The molecule has 0 spiro atoms. The van der Waals surface area contributed by atoms with E-state index in [9.17, 15) is 0 Å². The van der Waals surface area contributed by atoms with Crippen molar-refractivity contribution < 1.29 is 4.84 Å². The molecule has 0 bridgehead atoms. The molecule has 10 heavy (non-hydrogen) atoms. The van der Waals surface area contributed by atoms with Crippen LogP contribution in [-0.2, 0) is 4.84 Å². The first-order chi connectivity index (χ1) is 4.70. The van der Waals surface area contributed by atoms with Gasteiger partial charge in [-0.2, -0.15) is 0 Å². The van der Waals surface area contributed by atoms with E-state index < -0.39 is 0 Å². The summed E-state index contributed by atoms with van der Waals surface area (Å²) >= 11 is 0. The van der Waals surface area contributed by atoms with Crippen LogP contribution in [0.2, 0.25) is 0 Å². The summed E-state index contributed by atoms with van der Waals surface area (Å²) in [6.07, 6.45) is 2.55. The second-order valence-corrected chi connectivity index (χ2v) is 1.96.